The monoisotopic (exact) mass is 176 g/mol. The summed E-state index contributed by atoms with van der Waals surface area (Å²) in [6, 6.07) is 9.74. The van der Waals surface area contributed by atoms with Crippen LogP contribution in [0.3, 0.4) is 0 Å². The van der Waals surface area contributed by atoms with Crippen molar-refractivity contribution in [2.24, 2.45) is 0 Å². The van der Waals surface area contributed by atoms with Crippen molar-refractivity contribution in [2.45, 2.75) is 25.9 Å². The van der Waals surface area contributed by atoms with Gasteiger partial charge in [0, 0.05) is 0 Å². The fourth-order valence-electron chi connectivity index (χ4n) is 1.42. The average molecular weight is 176 g/mol. The first-order valence-corrected chi connectivity index (χ1v) is 4.64. The summed E-state index contributed by atoms with van der Waals surface area (Å²) >= 11 is 0. The van der Waals surface area contributed by atoms with Crippen LogP contribution < -0.4 is 0 Å². The predicted octanol–water partition coefficient (Wildman–Crippen LogP) is 2.86. The van der Waals surface area contributed by atoms with E-state index in [0.29, 0.717) is 6.42 Å². The van der Waals surface area contributed by atoms with E-state index in [0.717, 1.165) is 5.56 Å². The van der Waals surface area contributed by atoms with E-state index >= 15 is 0 Å². The summed E-state index contributed by atoms with van der Waals surface area (Å²) in [6.45, 7) is 3.90. The molecule has 1 heteroatoms. The Morgan fingerprint density at radius 2 is 1.92 bits per heavy atom. The molecule has 0 amide bonds. The van der Waals surface area contributed by atoms with Gasteiger partial charge in [0.1, 0.15) is 5.60 Å². The fourth-order valence-corrected chi connectivity index (χ4v) is 1.42. The van der Waals surface area contributed by atoms with Gasteiger partial charge in [-0.3, -0.25) is 0 Å². The Labute approximate surface area is 79.7 Å². The highest BCUT2D eigenvalue weighted by Crippen LogP contribution is 2.25. The van der Waals surface area contributed by atoms with E-state index < -0.39 is 5.60 Å². The van der Waals surface area contributed by atoms with Gasteiger partial charge < -0.3 is 5.11 Å². The van der Waals surface area contributed by atoms with E-state index in [2.05, 4.69) is 0 Å². The molecule has 0 aliphatic rings. The van der Waals surface area contributed by atoms with Crippen molar-refractivity contribution in [3.05, 3.63) is 48.0 Å². The van der Waals surface area contributed by atoms with Crippen LogP contribution in [-0.2, 0) is 5.60 Å². The molecule has 0 heterocycles. The average Bonchev–Trinajstić information content (AvgIpc) is 2.19. The molecule has 1 rings (SSSR count). The smallest absolute Gasteiger partial charge is 0.107 e. The zero-order valence-electron chi connectivity index (χ0n) is 8.20. The van der Waals surface area contributed by atoms with Crippen molar-refractivity contribution in [1.82, 2.24) is 0 Å². The highest BCUT2D eigenvalue weighted by Gasteiger charge is 2.22. The van der Waals surface area contributed by atoms with Gasteiger partial charge in [-0.2, -0.15) is 0 Å². The maximum atomic E-state index is 10.2. The number of aliphatic hydroxyl groups is 1. The lowest BCUT2D eigenvalue weighted by Crippen LogP contribution is -2.21. The molecule has 1 N–H and O–H groups in total. The molecule has 1 aromatic rings. The van der Waals surface area contributed by atoms with Crippen LogP contribution in [0.2, 0.25) is 0 Å². The second-order valence-electron chi connectivity index (χ2n) is 3.14. The van der Waals surface area contributed by atoms with Crippen LogP contribution in [0.1, 0.15) is 25.8 Å². The molecule has 0 aromatic heterocycles. The number of rotatable bonds is 3. The fraction of sp³-hybridized carbons (Fsp3) is 0.333. The second kappa shape index (κ2) is 4.24. The molecule has 70 valence electrons. The third kappa shape index (κ3) is 2.19. The Morgan fingerprint density at radius 1 is 1.31 bits per heavy atom. The lowest BCUT2D eigenvalue weighted by atomic mass is 9.91. The molecular formula is C12H16O. The minimum atomic E-state index is -0.796. The first-order chi connectivity index (χ1) is 6.23. The Bertz CT molecular complexity index is 276. The zero-order chi connectivity index (χ0) is 9.73. The predicted molar refractivity (Wildman–Crippen MR) is 55.4 cm³/mol. The molecular weight excluding hydrogens is 160 g/mol. The van der Waals surface area contributed by atoms with E-state index in [1.807, 2.05) is 56.3 Å². The molecule has 0 saturated heterocycles. The quantitative estimate of drug-likeness (QED) is 0.702. The first kappa shape index (κ1) is 10.0. The van der Waals surface area contributed by atoms with Crippen molar-refractivity contribution in [2.75, 3.05) is 0 Å². The summed E-state index contributed by atoms with van der Waals surface area (Å²) in [5.74, 6) is 0. The van der Waals surface area contributed by atoms with Gasteiger partial charge in [-0.25, -0.2) is 0 Å². The number of benzene rings is 1. The van der Waals surface area contributed by atoms with Crippen LogP contribution in [0.15, 0.2) is 42.5 Å². The van der Waals surface area contributed by atoms with Crippen LogP contribution in [0, 0.1) is 0 Å². The highest BCUT2D eigenvalue weighted by molar-refractivity contribution is 5.26. The number of hydrogen-bond donors (Lipinski definition) is 1. The van der Waals surface area contributed by atoms with Crippen molar-refractivity contribution in [1.29, 1.82) is 0 Å². The highest BCUT2D eigenvalue weighted by atomic mass is 16.3. The SMILES string of the molecule is C/C=C/C(O)(CC)c1ccccc1. The molecule has 1 aromatic carbocycles. The standard InChI is InChI=1S/C12H16O/c1-3-10-12(13,4-2)11-8-6-5-7-9-11/h3,5-10,13H,4H2,1-2H3/b10-3+. The molecule has 0 aliphatic carbocycles. The third-order valence-corrected chi connectivity index (χ3v) is 2.26. The van der Waals surface area contributed by atoms with Gasteiger partial charge in [0.25, 0.3) is 0 Å². The first-order valence-electron chi connectivity index (χ1n) is 4.64. The number of hydrogen-bond acceptors (Lipinski definition) is 1. The van der Waals surface area contributed by atoms with Gasteiger partial charge in [-0.15, -0.1) is 0 Å². The topological polar surface area (TPSA) is 20.2 Å². The van der Waals surface area contributed by atoms with Crippen LogP contribution >= 0.6 is 0 Å². The Balaban J connectivity index is 3.03. The minimum absolute atomic E-state index is 0.696. The molecule has 0 fully saturated rings. The van der Waals surface area contributed by atoms with Gasteiger partial charge in [0.15, 0.2) is 0 Å². The molecule has 1 nitrogen and oxygen atoms in total. The summed E-state index contributed by atoms with van der Waals surface area (Å²) in [6.07, 6.45) is 4.42. The summed E-state index contributed by atoms with van der Waals surface area (Å²) in [5.41, 5.74) is 0.159. The zero-order valence-corrected chi connectivity index (χ0v) is 8.20. The molecule has 13 heavy (non-hydrogen) atoms. The van der Waals surface area contributed by atoms with Crippen LogP contribution in [0.25, 0.3) is 0 Å². The summed E-state index contributed by atoms with van der Waals surface area (Å²) in [7, 11) is 0. The Morgan fingerprint density at radius 3 is 2.38 bits per heavy atom. The Hall–Kier alpha value is -1.08. The van der Waals surface area contributed by atoms with E-state index in [1.54, 1.807) is 0 Å². The molecule has 0 bridgehead atoms. The molecule has 0 aliphatic heterocycles. The van der Waals surface area contributed by atoms with Gasteiger partial charge >= 0.3 is 0 Å². The van der Waals surface area contributed by atoms with Gasteiger partial charge in [0.2, 0.25) is 0 Å². The van der Waals surface area contributed by atoms with Crippen LogP contribution in [-0.4, -0.2) is 5.11 Å². The van der Waals surface area contributed by atoms with Crippen molar-refractivity contribution >= 4 is 0 Å². The van der Waals surface area contributed by atoms with E-state index in [-0.39, 0.29) is 0 Å². The molecule has 1 atom stereocenters. The summed E-state index contributed by atoms with van der Waals surface area (Å²) in [5, 5.41) is 10.2. The molecule has 0 saturated carbocycles. The summed E-state index contributed by atoms with van der Waals surface area (Å²) < 4.78 is 0. The molecule has 0 spiro atoms. The van der Waals surface area contributed by atoms with Gasteiger partial charge in [-0.1, -0.05) is 49.4 Å². The van der Waals surface area contributed by atoms with E-state index in [9.17, 15) is 5.11 Å². The van der Waals surface area contributed by atoms with Crippen LogP contribution in [0.4, 0.5) is 0 Å². The maximum Gasteiger partial charge on any atom is 0.107 e. The minimum Gasteiger partial charge on any atom is -0.381 e. The van der Waals surface area contributed by atoms with Crippen LogP contribution in [0.5, 0.6) is 0 Å². The van der Waals surface area contributed by atoms with E-state index in [1.165, 1.54) is 0 Å². The van der Waals surface area contributed by atoms with Crippen molar-refractivity contribution < 1.29 is 5.11 Å². The van der Waals surface area contributed by atoms with E-state index in [4.69, 9.17) is 0 Å². The second-order valence-corrected chi connectivity index (χ2v) is 3.14. The van der Waals surface area contributed by atoms with Crippen molar-refractivity contribution in [3.63, 3.8) is 0 Å². The lowest BCUT2D eigenvalue weighted by molar-refractivity contribution is 0.0850. The summed E-state index contributed by atoms with van der Waals surface area (Å²) in [4.78, 5) is 0. The maximum absolute atomic E-state index is 10.2. The molecule has 0 radical (unpaired) electrons. The normalized spacial score (nSPS) is 15.9. The number of allylic oxidation sites excluding steroid dienone is 1. The van der Waals surface area contributed by atoms with Gasteiger partial charge in [-0.05, 0) is 18.9 Å². The lowest BCUT2D eigenvalue weighted by Gasteiger charge is -2.23. The third-order valence-electron chi connectivity index (χ3n) is 2.26. The Kier molecular flexibility index (Phi) is 3.26. The van der Waals surface area contributed by atoms with Crippen molar-refractivity contribution in [3.8, 4) is 0 Å². The molecule has 1 unspecified atom stereocenters. The largest absolute Gasteiger partial charge is 0.381 e. The van der Waals surface area contributed by atoms with Gasteiger partial charge in [0.05, 0.1) is 0 Å².